The van der Waals surface area contributed by atoms with Crippen LogP contribution < -0.4 is 5.73 Å². The molecule has 1 aromatic rings. The van der Waals surface area contributed by atoms with Gasteiger partial charge in [-0.1, -0.05) is 0 Å². The van der Waals surface area contributed by atoms with E-state index < -0.39 is 42.3 Å². The highest BCUT2D eigenvalue weighted by molar-refractivity contribution is 7.93. The summed E-state index contributed by atoms with van der Waals surface area (Å²) < 4.78 is 42.7. The number of hydrogen-bond donors (Lipinski definition) is 1. The normalized spacial score (nSPS) is 23.4. The Morgan fingerprint density at radius 1 is 1.58 bits per heavy atom. The van der Waals surface area contributed by atoms with Crippen LogP contribution in [0.15, 0.2) is 18.2 Å². The Morgan fingerprint density at radius 2 is 2.25 bits per heavy atom. The summed E-state index contributed by atoms with van der Waals surface area (Å²) in [6, 6.07) is 4.51. The Hall–Kier alpha value is -2.09. The Morgan fingerprint density at radius 3 is 2.75 bits per heavy atom. The van der Waals surface area contributed by atoms with E-state index in [1.165, 1.54) is 6.92 Å². The first-order valence-electron chi connectivity index (χ1n) is 6.99. The molecule has 0 bridgehead atoms. The summed E-state index contributed by atoms with van der Waals surface area (Å²) in [6.45, 7) is 1.10. The molecule has 1 aliphatic rings. The average molecular weight is 357 g/mol. The zero-order chi connectivity index (χ0) is 18.2. The van der Waals surface area contributed by atoms with E-state index in [0.29, 0.717) is 0 Å². The molecule has 1 aromatic carbocycles. The minimum Gasteiger partial charge on any atom is -0.379 e. The fraction of sp³-hybridized carbons (Fsp3) is 0.500. The lowest BCUT2D eigenvalue weighted by atomic mass is 9.94. The van der Waals surface area contributed by atoms with E-state index in [-0.39, 0.29) is 25.2 Å². The Labute approximate surface area is 138 Å². The summed E-state index contributed by atoms with van der Waals surface area (Å²) in [6.07, 6.45) is -0.000662. The van der Waals surface area contributed by atoms with E-state index in [1.54, 1.807) is 6.07 Å². The van der Waals surface area contributed by atoms with E-state index in [4.69, 9.17) is 10.5 Å². The fourth-order valence-electron chi connectivity index (χ4n) is 2.62. The van der Waals surface area contributed by atoms with Crippen LogP contribution >= 0.6 is 0 Å². The van der Waals surface area contributed by atoms with E-state index >= 15 is 0 Å². The van der Waals surface area contributed by atoms with Crippen molar-refractivity contribution in [1.82, 2.24) is 0 Å². The number of nitrogens with zero attached hydrogens (tertiary/aromatic N) is 2. The van der Waals surface area contributed by atoms with Gasteiger partial charge in [0.05, 0.1) is 28.9 Å². The van der Waals surface area contributed by atoms with Crippen LogP contribution in [-0.2, 0) is 20.1 Å². The fourth-order valence-corrected chi connectivity index (χ4v) is 4.64. The number of nitro groups is 1. The number of nitriles is 1. The summed E-state index contributed by atoms with van der Waals surface area (Å²) in [7, 11) is -4.08. The van der Waals surface area contributed by atoms with Gasteiger partial charge in [0.2, 0.25) is 0 Å². The minimum absolute atomic E-state index is 0.000662. The van der Waals surface area contributed by atoms with Gasteiger partial charge < -0.3 is 10.5 Å². The van der Waals surface area contributed by atoms with E-state index in [2.05, 4.69) is 0 Å². The average Bonchev–Trinajstić information content (AvgIpc) is 2.96. The SMILES string of the molecule is C[C@](N)(CS(=O)(=O)[C@]1(C#N)CCOC1)c1cc([N+](=O)[O-])ccc1F. The van der Waals surface area contributed by atoms with Crippen molar-refractivity contribution < 1.29 is 22.5 Å². The van der Waals surface area contributed by atoms with Crippen LogP contribution in [0.2, 0.25) is 0 Å². The zero-order valence-electron chi connectivity index (χ0n) is 12.9. The van der Waals surface area contributed by atoms with Gasteiger partial charge in [0.25, 0.3) is 5.69 Å². The highest BCUT2D eigenvalue weighted by Gasteiger charge is 2.50. The number of benzene rings is 1. The zero-order valence-corrected chi connectivity index (χ0v) is 13.7. The summed E-state index contributed by atoms with van der Waals surface area (Å²) >= 11 is 0. The van der Waals surface area contributed by atoms with E-state index in [1.807, 2.05) is 0 Å². The van der Waals surface area contributed by atoms with Gasteiger partial charge in [0.15, 0.2) is 14.6 Å². The lowest BCUT2D eigenvalue weighted by Crippen LogP contribution is -2.49. The maximum Gasteiger partial charge on any atom is 0.269 e. The standard InChI is InChI=1S/C14H16FN3O5S/c1-13(17,11-6-10(18(19)20)2-3-12(11)15)9-24(21,22)14(7-16)4-5-23-8-14/h2-3,6H,4-5,8-9,17H2,1H3/t13-,14-/m0/s1. The van der Waals surface area contributed by atoms with Crippen molar-refractivity contribution in [2.75, 3.05) is 19.0 Å². The molecule has 0 amide bonds. The lowest BCUT2D eigenvalue weighted by molar-refractivity contribution is -0.385. The molecule has 0 unspecified atom stereocenters. The van der Waals surface area contributed by atoms with Gasteiger partial charge in [-0.25, -0.2) is 12.8 Å². The first kappa shape index (κ1) is 18.3. The number of sulfone groups is 1. The molecular weight excluding hydrogens is 341 g/mol. The smallest absolute Gasteiger partial charge is 0.269 e. The van der Waals surface area contributed by atoms with Crippen LogP contribution in [0.25, 0.3) is 0 Å². The molecule has 0 aromatic heterocycles. The number of rotatable bonds is 5. The third-order valence-corrected chi connectivity index (χ3v) is 6.63. The molecule has 2 atom stereocenters. The molecule has 1 aliphatic heterocycles. The monoisotopic (exact) mass is 357 g/mol. The molecule has 2 rings (SSSR count). The molecule has 1 saturated heterocycles. The predicted molar refractivity (Wildman–Crippen MR) is 82.2 cm³/mol. The highest BCUT2D eigenvalue weighted by atomic mass is 32.2. The number of nitrogens with two attached hydrogens (primary N) is 1. The largest absolute Gasteiger partial charge is 0.379 e. The molecule has 1 fully saturated rings. The first-order chi connectivity index (χ1) is 11.0. The van der Waals surface area contributed by atoms with Crippen molar-refractivity contribution in [3.05, 3.63) is 39.7 Å². The summed E-state index contributed by atoms with van der Waals surface area (Å²) in [5, 5.41) is 20.1. The van der Waals surface area contributed by atoms with Crippen LogP contribution in [0.3, 0.4) is 0 Å². The molecule has 10 heteroatoms. The van der Waals surface area contributed by atoms with Gasteiger partial charge >= 0.3 is 0 Å². The topological polar surface area (TPSA) is 136 Å². The highest BCUT2D eigenvalue weighted by Crippen LogP contribution is 2.33. The van der Waals surface area contributed by atoms with Crippen LogP contribution in [-0.4, -0.2) is 37.1 Å². The minimum atomic E-state index is -4.08. The second-order valence-electron chi connectivity index (χ2n) is 6.01. The van der Waals surface area contributed by atoms with E-state index in [0.717, 1.165) is 18.2 Å². The Kier molecular flexibility index (Phi) is 4.63. The van der Waals surface area contributed by atoms with Crippen molar-refractivity contribution in [3.63, 3.8) is 0 Å². The van der Waals surface area contributed by atoms with Gasteiger partial charge in [-0.05, 0) is 13.0 Å². The number of hydrogen-bond acceptors (Lipinski definition) is 7. The third kappa shape index (κ3) is 3.10. The number of ether oxygens (including phenoxy) is 1. The molecule has 2 N–H and O–H groups in total. The van der Waals surface area contributed by atoms with Gasteiger partial charge in [-0.3, -0.25) is 10.1 Å². The van der Waals surface area contributed by atoms with Gasteiger partial charge in [0.1, 0.15) is 5.82 Å². The molecule has 0 radical (unpaired) electrons. The molecule has 0 aliphatic carbocycles. The lowest BCUT2D eigenvalue weighted by Gasteiger charge is -2.29. The number of halogens is 1. The quantitative estimate of drug-likeness (QED) is 0.613. The molecule has 1 heterocycles. The summed E-state index contributed by atoms with van der Waals surface area (Å²) in [5.41, 5.74) is 3.53. The predicted octanol–water partition coefficient (Wildman–Crippen LogP) is 1.01. The molecule has 0 spiro atoms. The number of non-ortho nitro benzene ring substituents is 1. The maximum atomic E-state index is 14.1. The molecule has 8 nitrogen and oxygen atoms in total. The van der Waals surface area contributed by atoms with Crippen molar-refractivity contribution in [1.29, 1.82) is 5.26 Å². The Bertz CT molecular complexity index is 810. The second-order valence-corrected chi connectivity index (χ2v) is 8.31. The van der Waals surface area contributed by atoms with Crippen molar-refractivity contribution >= 4 is 15.5 Å². The van der Waals surface area contributed by atoms with Gasteiger partial charge in [-0.2, -0.15) is 5.26 Å². The van der Waals surface area contributed by atoms with Crippen LogP contribution in [0, 0.1) is 27.3 Å². The number of nitro benzene ring substituents is 1. The van der Waals surface area contributed by atoms with Crippen molar-refractivity contribution in [2.45, 2.75) is 23.6 Å². The van der Waals surface area contributed by atoms with Crippen LogP contribution in [0.5, 0.6) is 0 Å². The van der Waals surface area contributed by atoms with E-state index in [9.17, 15) is 28.2 Å². The first-order valence-corrected chi connectivity index (χ1v) is 8.64. The third-order valence-electron chi connectivity index (χ3n) is 4.05. The molecule has 130 valence electrons. The van der Waals surface area contributed by atoms with Crippen LogP contribution in [0.1, 0.15) is 18.9 Å². The maximum absolute atomic E-state index is 14.1. The van der Waals surface area contributed by atoms with Gasteiger partial charge in [0, 0.05) is 30.7 Å². The second kappa shape index (κ2) is 6.08. The summed E-state index contributed by atoms with van der Waals surface area (Å²) in [4.78, 5) is 10.1. The van der Waals surface area contributed by atoms with Crippen LogP contribution in [0.4, 0.5) is 10.1 Å². The van der Waals surface area contributed by atoms with Crippen molar-refractivity contribution in [3.8, 4) is 6.07 Å². The Balaban J connectivity index is 2.43. The molecule has 0 saturated carbocycles. The van der Waals surface area contributed by atoms with Crippen molar-refractivity contribution in [2.24, 2.45) is 5.73 Å². The molecular formula is C14H16FN3O5S. The molecule has 24 heavy (non-hydrogen) atoms. The van der Waals surface area contributed by atoms with Gasteiger partial charge in [-0.15, -0.1) is 0 Å². The summed E-state index contributed by atoms with van der Waals surface area (Å²) in [5.74, 6) is -1.59.